The van der Waals surface area contributed by atoms with Crippen LogP contribution in [0.4, 0.5) is 0 Å². The molecule has 0 fully saturated rings. The van der Waals surface area contributed by atoms with E-state index in [9.17, 15) is 0 Å². The molecule has 0 aromatic heterocycles. The summed E-state index contributed by atoms with van der Waals surface area (Å²) in [6, 6.07) is 21.8. The molecule has 0 radical (unpaired) electrons. The molecule has 1 atom stereocenters. The zero-order chi connectivity index (χ0) is 23.1. The zero-order valence-corrected chi connectivity index (χ0v) is 20.9. The summed E-state index contributed by atoms with van der Waals surface area (Å²) in [5.74, 6) is 0.902. The molecule has 1 aliphatic rings. The van der Waals surface area contributed by atoms with Crippen molar-refractivity contribution >= 4 is 47.5 Å². The average molecular weight is 508 g/mol. The highest BCUT2D eigenvalue weighted by Gasteiger charge is 2.29. The van der Waals surface area contributed by atoms with Gasteiger partial charge in [0.25, 0.3) is 0 Å². The molecule has 34 heavy (non-hydrogen) atoms. The molecule has 3 aromatic rings. The number of fused-ring (bicyclic) bond motifs is 1. The van der Waals surface area contributed by atoms with E-state index in [1.807, 2.05) is 48.5 Å². The minimum absolute atomic E-state index is 0. The first-order valence-electron chi connectivity index (χ1n) is 10.3. The van der Waals surface area contributed by atoms with Gasteiger partial charge >= 0.3 is 0 Å². The van der Waals surface area contributed by atoms with Crippen LogP contribution in [0.5, 0.6) is 5.75 Å². The number of rotatable bonds is 5. The lowest BCUT2D eigenvalue weighted by Crippen LogP contribution is -2.44. The normalized spacial score (nSPS) is 14.7. The fourth-order valence-corrected chi connectivity index (χ4v) is 3.27. The number of aliphatic hydroxyl groups excluding tert-OH is 1. The molecule has 8 nitrogen and oxygen atoms in total. The van der Waals surface area contributed by atoms with E-state index in [0.29, 0.717) is 12.4 Å². The number of hydroxylamine groups is 2. The smallest absolute Gasteiger partial charge is 0.226 e. The summed E-state index contributed by atoms with van der Waals surface area (Å²) in [4.78, 5) is 14.5. The van der Waals surface area contributed by atoms with E-state index in [-0.39, 0.29) is 42.8 Å². The Bertz CT molecular complexity index is 1120. The Balaban J connectivity index is 0.000000895. The molecule has 10 heteroatoms. The first kappa shape index (κ1) is 29.0. The Morgan fingerprint density at radius 1 is 0.971 bits per heavy atom. The van der Waals surface area contributed by atoms with Crippen molar-refractivity contribution in [2.24, 2.45) is 21.5 Å². The second-order valence-electron chi connectivity index (χ2n) is 7.40. The number of hydrogen-bond acceptors (Lipinski definition) is 8. The maximum atomic E-state index is 8.06. The summed E-state index contributed by atoms with van der Waals surface area (Å²) in [5.41, 5.74) is 13.8. The second kappa shape index (κ2) is 13.6. The van der Waals surface area contributed by atoms with Gasteiger partial charge in [0.1, 0.15) is 12.4 Å². The van der Waals surface area contributed by atoms with Gasteiger partial charge in [-0.15, -0.1) is 24.8 Å². The molecule has 184 valence electrons. The maximum Gasteiger partial charge on any atom is 0.226 e. The number of nitrogens with two attached hydrogens (primary N) is 2. The van der Waals surface area contributed by atoms with E-state index in [2.05, 4.69) is 28.2 Å². The lowest BCUT2D eigenvalue weighted by Gasteiger charge is -2.32. The third-order valence-corrected chi connectivity index (χ3v) is 4.59. The lowest BCUT2D eigenvalue weighted by atomic mass is 10.1. The number of aliphatic hydroxyl groups is 1. The van der Waals surface area contributed by atoms with Crippen LogP contribution < -0.4 is 16.2 Å². The zero-order valence-electron chi connectivity index (χ0n) is 19.3. The van der Waals surface area contributed by atoms with Gasteiger partial charge in [-0.25, -0.2) is 4.99 Å². The van der Waals surface area contributed by atoms with Gasteiger partial charge in [0, 0.05) is 11.7 Å². The second-order valence-corrected chi connectivity index (χ2v) is 7.40. The predicted molar refractivity (Wildman–Crippen MR) is 141 cm³/mol. The van der Waals surface area contributed by atoms with Gasteiger partial charge in [0.05, 0.1) is 7.11 Å². The van der Waals surface area contributed by atoms with Crippen molar-refractivity contribution in [1.29, 1.82) is 0 Å². The van der Waals surface area contributed by atoms with Gasteiger partial charge in [-0.1, -0.05) is 60.7 Å². The molecular weight excluding hydrogens is 477 g/mol. The number of halogens is 2. The van der Waals surface area contributed by atoms with Crippen LogP contribution >= 0.6 is 24.8 Å². The highest BCUT2D eigenvalue weighted by atomic mass is 35.5. The van der Waals surface area contributed by atoms with Crippen molar-refractivity contribution in [3.05, 3.63) is 77.9 Å². The maximum absolute atomic E-state index is 8.06. The molecule has 0 spiro atoms. The van der Waals surface area contributed by atoms with Gasteiger partial charge in [-0.05, 0) is 36.2 Å². The van der Waals surface area contributed by atoms with E-state index >= 15 is 0 Å². The average Bonchev–Trinajstić information content (AvgIpc) is 2.77. The van der Waals surface area contributed by atoms with Crippen LogP contribution in [0.1, 0.15) is 31.1 Å². The van der Waals surface area contributed by atoms with Gasteiger partial charge < -0.3 is 21.3 Å². The van der Waals surface area contributed by atoms with Crippen LogP contribution in [0, 0.1) is 0 Å². The minimum Gasteiger partial charge on any atom is -0.496 e. The van der Waals surface area contributed by atoms with Crippen LogP contribution in [0.15, 0.2) is 76.7 Å². The molecule has 0 aliphatic carbocycles. The monoisotopic (exact) mass is 507 g/mol. The number of methoxy groups -OCH3 is 1. The number of hydrogen-bond donors (Lipinski definition) is 3. The first-order chi connectivity index (χ1) is 15.4. The standard InChI is InChI=1S/C21H21N5O2.C3H8O.2ClH/c1-27-18-12-5-4-11-17(18)19-24-20(22)25-21(23)26(19)28-13-15-9-6-8-14-7-2-3-10-16(14)15;1-3(2)4;;/h2-12,19H,13H2,1H3,(H4,22,23,24,25);3-4H,1-2H3;2*1H. The van der Waals surface area contributed by atoms with E-state index in [1.54, 1.807) is 21.0 Å². The topological polar surface area (TPSA) is 119 Å². The molecule has 1 heterocycles. The van der Waals surface area contributed by atoms with E-state index in [0.717, 1.165) is 21.9 Å². The van der Waals surface area contributed by atoms with Gasteiger partial charge in [-0.2, -0.15) is 10.1 Å². The molecular formula is C24H31Cl2N5O3. The molecule has 5 N–H and O–H groups in total. The van der Waals surface area contributed by atoms with E-state index in [4.69, 9.17) is 26.1 Å². The van der Waals surface area contributed by atoms with Gasteiger partial charge in [0.15, 0.2) is 6.17 Å². The first-order valence-corrected chi connectivity index (χ1v) is 10.3. The minimum atomic E-state index is -0.594. The lowest BCUT2D eigenvalue weighted by molar-refractivity contribution is -0.140. The number of nitrogens with zero attached hydrogens (tertiary/aromatic N) is 3. The highest BCUT2D eigenvalue weighted by Crippen LogP contribution is 2.32. The summed E-state index contributed by atoms with van der Waals surface area (Å²) in [6.07, 6.45) is -0.761. The summed E-state index contributed by atoms with van der Waals surface area (Å²) in [7, 11) is 1.60. The number of guanidine groups is 2. The third kappa shape index (κ3) is 7.23. The Labute approximate surface area is 212 Å². The molecule has 0 bridgehead atoms. The summed E-state index contributed by atoms with van der Waals surface area (Å²) < 4.78 is 5.46. The largest absolute Gasteiger partial charge is 0.496 e. The molecule has 3 aromatic carbocycles. The van der Waals surface area contributed by atoms with Crippen LogP contribution in [-0.4, -0.2) is 35.3 Å². The third-order valence-electron chi connectivity index (χ3n) is 4.59. The van der Waals surface area contributed by atoms with Crippen molar-refractivity contribution < 1.29 is 14.7 Å². The Kier molecular flexibility index (Phi) is 11.6. The van der Waals surface area contributed by atoms with Crippen LogP contribution in [-0.2, 0) is 11.4 Å². The fraction of sp³-hybridized carbons (Fsp3) is 0.250. The van der Waals surface area contributed by atoms with Crippen molar-refractivity contribution in [3.63, 3.8) is 0 Å². The van der Waals surface area contributed by atoms with Crippen molar-refractivity contribution in [1.82, 2.24) is 5.06 Å². The summed E-state index contributed by atoms with van der Waals surface area (Å²) >= 11 is 0. The number of para-hydroxylation sites is 1. The number of benzene rings is 3. The Morgan fingerprint density at radius 3 is 2.29 bits per heavy atom. The predicted octanol–water partition coefficient (Wildman–Crippen LogP) is 4.15. The van der Waals surface area contributed by atoms with Crippen LogP contribution in [0.3, 0.4) is 0 Å². The van der Waals surface area contributed by atoms with Gasteiger partial charge in [0.2, 0.25) is 11.9 Å². The number of aliphatic imine (C=N–C) groups is 2. The van der Waals surface area contributed by atoms with Gasteiger partial charge in [-0.3, -0.25) is 4.84 Å². The summed E-state index contributed by atoms with van der Waals surface area (Å²) in [6.45, 7) is 3.75. The molecule has 0 saturated heterocycles. The number of ether oxygens (including phenoxy) is 1. The molecule has 1 unspecified atom stereocenters. The van der Waals surface area contributed by atoms with Crippen molar-refractivity contribution in [3.8, 4) is 5.75 Å². The summed E-state index contributed by atoms with van der Waals surface area (Å²) in [5, 5.41) is 11.8. The van der Waals surface area contributed by atoms with E-state index < -0.39 is 6.17 Å². The fourth-order valence-electron chi connectivity index (χ4n) is 3.27. The quantitative estimate of drug-likeness (QED) is 0.477. The van der Waals surface area contributed by atoms with Crippen LogP contribution in [0.2, 0.25) is 0 Å². The van der Waals surface area contributed by atoms with E-state index in [1.165, 1.54) is 5.06 Å². The SMILES string of the molecule is CC(C)O.COc1ccccc1C1N=C(N)N=C(N)N1OCc1cccc2ccccc12.Cl.Cl. The molecule has 1 aliphatic heterocycles. The Hall–Kier alpha value is -3.04. The van der Waals surface area contributed by atoms with Crippen molar-refractivity contribution in [2.75, 3.05) is 7.11 Å². The highest BCUT2D eigenvalue weighted by molar-refractivity contribution is 5.95. The molecule has 0 amide bonds. The van der Waals surface area contributed by atoms with Crippen molar-refractivity contribution in [2.45, 2.75) is 32.7 Å². The molecule has 4 rings (SSSR count). The van der Waals surface area contributed by atoms with Crippen LogP contribution in [0.25, 0.3) is 10.8 Å². The Morgan fingerprint density at radius 2 is 1.59 bits per heavy atom. The molecule has 0 saturated carbocycles.